The molecule has 262 valence electrons. The highest BCUT2D eigenvalue weighted by molar-refractivity contribution is 5.96. The molecule has 3 aromatic rings. The van der Waals surface area contributed by atoms with E-state index in [0.29, 0.717) is 11.6 Å². The number of piperidine rings is 2. The number of hydrogen-bond acceptors (Lipinski definition) is 7. The van der Waals surface area contributed by atoms with Crippen LogP contribution in [0.25, 0.3) is 0 Å². The van der Waals surface area contributed by atoms with E-state index in [1.807, 2.05) is 23.6 Å². The van der Waals surface area contributed by atoms with E-state index in [-0.39, 0.29) is 17.4 Å². The summed E-state index contributed by atoms with van der Waals surface area (Å²) in [6.45, 7) is 18.2. The third-order valence-corrected chi connectivity index (χ3v) is 11.7. The minimum Gasteiger partial charge on any atom is -0.364 e. The van der Waals surface area contributed by atoms with Crippen molar-refractivity contribution in [1.29, 1.82) is 0 Å². The number of aryl methyl sites for hydroxylation is 2. The van der Waals surface area contributed by atoms with E-state index in [0.717, 1.165) is 102 Å². The molecule has 2 aromatic carbocycles. The summed E-state index contributed by atoms with van der Waals surface area (Å²) in [5.41, 5.74) is 5.25. The number of hydrogen-bond donors (Lipinski definition) is 0. The first kappa shape index (κ1) is 35.0. The molecular weight excluding hydrogens is 610 g/mol. The fraction of sp³-hybridized carbons (Fsp3) is 0.550. The van der Waals surface area contributed by atoms with Gasteiger partial charge in [0.1, 0.15) is 6.33 Å². The van der Waals surface area contributed by atoms with Gasteiger partial charge in [-0.25, -0.2) is 9.97 Å². The number of amides is 2. The molecule has 9 nitrogen and oxygen atoms in total. The van der Waals surface area contributed by atoms with Crippen LogP contribution < -0.4 is 4.90 Å². The molecule has 0 saturated carbocycles. The molecule has 9 heteroatoms. The van der Waals surface area contributed by atoms with Crippen LogP contribution in [0.5, 0.6) is 0 Å². The van der Waals surface area contributed by atoms with Crippen LogP contribution in [0.2, 0.25) is 0 Å². The lowest BCUT2D eigenvalue weighted by Gasteiger charge is -2.50. The molecule has 0 aliphatic carbocycles. The van der Waals surface area contributed by atoms with Crippen molar-refractivity contribution in [1.82, 2.24) is 29.6 Å². The molecule has 6 rings (SSSR count). The number of nitrogens with zero attached hydrogens (tertiary/aromatic N) is 7. The summed E-state index contributed by atoms with van der Waals surface area (Å²) in [6.07, 6.45) is 5.63. The number of rotatable bonds is 8. The van der Waals surface area contributed by atoms with Gasteiger partial charge in [-0.15, -0.1) is 0 Å². The Labute approximate surface area is 293 Å². The predicted molar refractivity (Wildman–Crippen MR) is 196 cm³/mol. The van der Waals surface area contributed by atoms with Crippen LogP contribution in [-0.2, 0) is 16.8 Å². The van der Waals surface area contributed by atoms with Crippen LogP contribution in [0.4, 0.5) is 5.69 Å². The topological polar surface area (TPSA) is 76.1 Å². The van der Waals surface area contributed by atoms with Crippen LogP contribution >= 0.6 is 0 Å². The average Bonchev–Trinajstić information content (AvgIpc) is 3.11. The normalized spacial score (nSPS) is 19.6. The van der Waals surface area contributed by atoms with Gasteiger partial charge in [-0.3, -0.25) is 14.5 Å². The molecule has 0 N–H and O–H groups in total. The molecule has 0 unspecified atom stereocenters. The summed E-state index contributed by atoms with van der Waals surface area (Å²) in [7, 11) is 2.12. The molecule has 4 heterocycles. The van der Waals surface area contributed by atoms with Crippen LogP contribution in [0.15, 0.2) is 60.9 Å². The maximum atomic E-state index is 13.6. The maximum Gasteiger partial charge on any atom is 0.257 e. The smallest absolute Gasteiger partial charge is 0.257 e. The number of carbonyl (C=O) groups is 2. The largest absolute Gasteiger partial charge is 0.364 e. The van der Waals surface area contributed by atoms with Crippen LogP contribution in [-0.4, -0.2) is 112 Å². The second kappa shape index (κ2) is 14.6. The summed E-state index contributed by atoms with van der Waals surface area (Å²) < 4.78 is 0. The zero-order valence-corrected chi connectivity index (χ0v) is 30.5. The van der Waals surface area contributed by atoms with Gasteiger partial charge in [0.25, 0.3) is 5.91 Å². The first-order valence-electron chi connectivity index (χ1n) is 18.2. The second-order valence-electron chi connectivity index (χ2n) is 15.3. The van der Waals surface area contributed by atoms with E-state index in [2.05, 4.69) is 107 Å². The number of carbonyl (C=O) groups excluding carboxylic acids is 2. The van der Waals surface area contributed by atoms with E-state index in [1.54, 1.807) is 0 Å². The van der Waals surface area contributed by atoms with Gasteiger partial charge < -0.3 is 19.6 Å². The van der Waals surface area contributed by atoms with Crippen LogP contribution in [0, 0.1) is 13.8 Å². The van der Waals surface area contributed by atoms with Crippen molar-refractivity contribution in [2.45, 2.75) is 83.8 Å². The number of anilines is 1. The number of aromatic nitrogens is 2. The molecule has 49 heavy (non-hydrogen) atoms. The van der Waals surface area contributed by atoms with Crippen molar-refractivity contribution in [3.63, 3.8) is 0 Å². The average molecular weight is 666 g/mol. The SMILES string of the molecule is Cc1ncnc(C)c1C(=O)N1CCC(C)(N2CCC(N(Cc3ccccc3)c3ccc(C(C)(C)C(=O)N4CCN(C)CC4)cc3)CC2)CC1. The van der Waals surface area contributed by atoms with Gasteiger partial charge in [-0.2, -0.15) is 0 Å². The Bertz CT molecular complexity index is 1560. The van der Waals surface area contributed by atoms with E-state index in [9.17, 15) is 9.59 Å². The Morgan fingerprint density at radius 1 is 0.816 bits per heavy atom. The molecule has 2 amide bonds. The molecule has 1 aromatic heterocycles. The van der Waals surface area contributed by atoms with Gasteiger partial charge in [-0.1, -0.05) is 42.5 Å². The Kier molecular flexibility index (Phi) is 10.4. The summed E-state index contributed by atoms with van der Waals surface area (Å²) in [6, 6.07) is 20.0. The summed E-state index contributed by atoms with van der Waals surface area (Å²) in [4.78, 5) is 47.2. The fourth-order valence-corrected chi connectivity index (χ4v) is 8.09. The van der Waals surface area contributed by atoms with Crippen molar-refractivity contribution >= 4 is 17.5 Å². The molecule has 0 spiro atoms. The first-order chi connectivity index (χ1) is 23.5. The zero-order valence-electron chi connectivity index (χ0n) is 30.5. The number of likely N-dealkylation sites (N-methyl/N-ethyl adjacent to an activating group) is 1. The molecule has 3 aliphatic heterocycles. The summed E-state index contributed by atoms with van der Waals surface area (Å²) >= 11 is 0. The second-order valence-corrected chi connectivity index (χ2v) is 15.3. The van der Waals surface area contributed by atoms with E-state index >= 15 is 0 Å². The monoisotopic (exact) mass is 665 g/mol. The Morgan fingerprint density at radius 2 is 1.41 bits per heavy atom. The van der Waals surface area contributed by atoms with Crippen molar-refractivity contribution in [3.8, 4) is 0 Å². The highest BCUT2D eigenvalue weighted by Crippen LogP contribution is 2.35. The molecule has 0 atom stereocenters. The quantitative estimate of drug-likeness (QED) is 0.323. The van der Waals surface area contributed by atoms with Crippen molar-refractivity contribution in [3.05, 3.63) is 89.0 Å². The highest BCUT2D eigenvalue weighted by Gasteiger charge is 2.40. The van der Waals surface area contributed by atoms with E-state index in [1.165, 1.54) is 17.6 Å². The molecular formula is C40H55N7O2. The number of likely N-dealkylation sites (tertiary alicyclic amines) is 2. The fourth-order valence-electron chi connectivity index (χ4n) is 8.09. The first-order valence-corrected chi connectivity index (χ1v) is 18.2. The Morgan fingerprint density at radius 3 is 2.00 bits per heavy atom. The van der Waals surface area contributed by atoms with Crippen molar-refractivity contribution in [2.75, 3.05) is 64.3 Å². The van der Waals surface area contributed by atoms with E-state index < -0.39 is 5.41 Å². The van der Waals surface area contributed by atoms with Gasteiger partial charge in [0.2, 0.25) is 5.91 Å². The number of benzene rings is 2. The predicted octanol–water partition coefficient (Wildman–Crippen LogP) is 5.31. The standard InChI is InChI=1S/C40H55N7O2/c1-30-36(31(2)42-29-41-30)37(48)44-22-18-40(5,19-23-44)46-20-16-35(17-21-46)47(28-32-10-8-7-9-11-32)34-14-12-33(13-15-34)39(3,4)38(49)45-26-24-43(6)25-27-45/h7-15,29,35H,16-28H2,1-6H3. The number of piperazine rings is 1. The molecule has 3 aliphatic rings. The van der Waals surface area contributed by atoms with Gasteiger partial charge in [-0.05, 0) is 90.6 Å². The Hall–Kier alpha value is -3.82. The van der Waals surface area contributed by atoms with Gasteiger partial charge >= 0.3 is 0 Å². The lowest BCUT2D eigenvalue weighted by molar-refractivity contribution is -0.137. The lowest BCUT2D eigenvalue weighted by Crippen LogP contribution is -2.58. The van der Waals surface area contributed by atoms with Gasteiger partial charge in [0, 0.05) is 76.2 Å². The van der Waals surface area contributed by atoms with E-state index in [4.69, 9.17) is 0 Å². The third kappa shape index (κ3) is 7.53. The van der Waals surface area contributed by atoms with Crippen molar-refractivity contribution in [2.24, 2.45) is 0 Å². The third-order valence-electron chi connectivity index (χ3n) is 11.7. The minimum absolute atomic E-state index is 0.0611. The van der Waals surface area contributed by atoms with Gasteiger partial charge in [0.05, 0.1) is 22.4 Å². The maximum absolute atomic E-state index is 13.6. The molecule has 3 saturated heterocycles. The zero-order chi connectivity index (χ0) is 34.8. The molecule has 0 bridgehead atoms. The highest BCUT2D eigenvalue weighted by atomic mass is 16.2. The summed E-state index contributed by atoms with van der Waals surface area (Å²) in [5, 5.41) is 0. The Balaban J connectivity index is 1.12. The minimum atomic E-state index is -0.577. The summed E-state index contributed by atoms with van der Waals surface area (Å²) in [5.74, 6) is 0.274. The van der Waals surface area contributed by atoms with Gasteiger partial charge in [0.15, 0.2) is 0 Å². The van der Waals surface area contributed by atoms with Crippen LogP contribution in [0.3, 0.4) is 0 Å². The molecule has 0 radical (unpaired) electrons. The lowest BCUT2D eigenvalue weighted by atomic mass is 9.82. The molecule has 3 fully saturated rings. The van der Waals surface area contributed by atoms with Crippen LogP contribution in [0.1, 0.15) is 79.3 Å². The van der Waals surface area contributed by atoms with Crippen molar-refractivity contribution < 1.29 is 9.59 Å².